The number of benzene rings is 1. The molecule has 4 rings (SSSR count). The minimum atomic E-state index is 0.0602. The molecular weight excluding hydrogens is 304 g/mol. The summed E-state index contributed by atoms with van der Waals surface area (Å²) < 4.78 is 3.88. The number of aromatic nitrogens is 5. The Labute approximate surface area is 139 Å². The van der Waals surface area contributed by atoms with Gasteiger partial charge in [-0.3, -0.25) is 4.79 Å². The van der Waals surface area contributed by atoms with E-state index in [1.165, 1.54) is 0 Å². The fraction of sp³-hybridized carbons (Fsp3) is 0.412. The first-order valence-electron chi connectivity index (χ1n) is 8.21. The second-order valence-electron chi connectivity index (χ2n) is 6.35. The third kappa shape index (κ3) is 2.46. The summed E-state index contributed by atoms with van der Waals surface area (Å²) in [5.74, 6) is 1.06. The van der Waals surface area contributed by atoms with Crippen LogP contribution in [0.15, 0.2) is 30.6 Å². The summed E-state index contributed by atoms with van der Waals surface area (Å²) in [5.41, 5.74) is 2.35. The van der Waals surface area contributed by atoms with Crippen LogP contribution in [0.25, 0.3) is 11.0 Å². The van der Waals surface area contributed by atoms with Gasteiger partial charge < -0.3 is 9.47 Å². The van der Waals surface area contributed by atoms with Crippen LogP contribution in [0.1, 0.15) is 35.1 Å². The lowest BCUT2D eigenvalue weighted by atomic mass is 10.0. The van der Waals surface area contributed by atoms with Crippen LogP contribution in [0.3, 0.4) is 0 Å². The number of aryl methyl sites for hydroxylation is 2. The van der Waals surface area contributed by atoms with E-state index in [2.05, 4.69) is 19.9 Å². The number of amides is 1. The van der Waals surface area contributed by atoms with Crippen molar-refractivity contribution in [2.24, 2.45) is 7.05 Å². The van der Waals surface area contributed by atoms with Crippen molar-refractivity contribution >= 4 is 16.9 Å². The zero-order valence-corrected chi connectivity index (χ0v) is 13.9. The number of carbonyl (C=O) groups is 1. The van der Waals surface area contributed by atoms with Crippen LogP contribution >= 0.6 is 0 Å². The molecule has 1 aromatic carbocycles. The molecule has 24 heavy (non-hydrogen) atoms. The number of hydrogen-bond donors (Lipinski definition) is 0. The number of rotatable bonds is 2. The second kappa shape index (κ2) is 5.74. The van der Waals surface area contributed by atoms with Crippen molar-refractivity contribution in [3.8, 4) is 0 Å². The number of nitrogens with zero attached hydrogens (tertiary/aromatic N) is 6. The molecule has 1 aliphatic rings. The van der Waals surface area contributed by atoms with Crippen LogP contribution in [0, 0.1) is 6.92 Å². The lowest BCUT2D eigenvalue weighted by Gasteiger charge is -2.34. The summed E-state index contributed by atoms with van der Waals surface area (Å²) in [4.78, 5) is 19.1. The Morgan fingerprint density at radius 2 is 2.21 bits per heavy atom. The molecule has 1 atom stereocenters. The highest BCUT2D eigenvalue weighted by molar-refractivity contribution is 5.97. The van der Waals surface area contributed by atoms with Gasteiger partial charge in [-0.25, -0.2) is 9.67 Å². The Balaban J connectivity index is 1.57. The zero-order valence-electron chi connectivity index (χ0n) is 13.9. The molecule has 3 heterocycles. The van der Waals surface area contributed by atoms with Crippen LogP contribution in [0.4, 0.5) is 0 Å². The first kappa shape index (κ1) is 14.9. The third-order valence-electron chi connectivity index (χ3n) is 4.80. The predicted molar refractivity (Wildman–Crippen MR) is 89.6 cm³/mol. The Morgan fingerprint density at radius 1 is 1.33 bits per heavy atom. The molecule has 7 heteroatoms. The maximum absolute atomic E-state index is 12.9. The van der Waals surface area contributed by atoms with E-state index in [0.29, 0.717) is 18.2 Å². The molecule has 1 fully saturated rings. The van der Waals surface area contributed by atoms with Gasteiger partial charge in [0.2, 0.25) is 0 Å². The van der Waals surface area contributed by atoms with Gasteiger partial charge in [-0.15, -0.1) is 5.10 Å². The number of piperidine rings is 1. The molecule has 0 saturated carbocycles. The van der Waals surface area contributed by atoms with Crippen molar-refractivity contribution in [3.63, 3.8) is 0 Å². The Hall–Kier alpha value is -2.70. The van der Waals surface area contributed by atoms with Gasteiger partial charge in [0.15, 0.2) is 0 Å². The number of hydrogen-bond acceptors (Lipinski definition) is 4. The van der Waals surface area contributed by atoms with Crippen LogP contribution < -0.4 is 0 Å². The molecular formula is C17H20N6O. The summed E-state index contributed by atoms with van der Waals surface area (Å²) >= 11 is 0. The van der Waals surface area contributed by atoms with Crippen molar-refractivity contribution in [1.29, 1.82) is 0 Å². The summed E-state index contributed by atoms with van der Waals surface area (Å²) in [7, 11) is 1.85. The molecule has 0 unspecified atom stereocenters. The standard InChI is InChI=1S/C17H20N6O/c1-12-18-7-9-23(12)14-4-3-8-22(11-14)17(24)13-5-6-16-15(10-13)19-20-21(16)2/h5-7,9-10,14H,3-4,8,11H2,1-2H3/t14-/m0/s1. The van der Waals surface area contributed by atoms with Gasteiger partial charge in [-0.05, 0) is 38.0 Å². The lowest BCUT2D eigenvalue weighted by Crippen LogP contribution is -2.40. The molecule has 0 bridgehead atoms. The molecule has 0 N–H and O–H groups in total. The lowest BCUT2D eigenvalue weighted by molar-refractivity contribution is 0.0678. The average Bonchev–Trinajstić information content (AvgIpc) is 3.20. The molecule has 1 amide bonds. The van der Waals surface area contributed by atoms with Gasteiger partial charge in [0, 0.05) is 38.1 Å². The van der Waals surface area contributed by atoms with E-state index in [-0.39, 0.29) is 5.91 Å². The van der Waals surface area contributed by atoms with E-state index in [1.807, 2.05) is 49.5 Å². The summed E-state index contributed by atoms with van der Waals surface area (Å²) in [6.45, 7) is 3.51. The molecule has 124 valence electrons. The van der Waals surface area contributed by atoms with E-state index in [1.54, 1.807) is 4.68 Å². The van der Waals surface area contributed by atoms with Gasteiger partial charge >= 0.3 is 0 Å². The van der Waals surface area contributed by atoms with E-state index in [4.69, 9.17) is 0 Å². The fourth-order valence-electron chi connectivity index (χ4n) is 3.50. The van der Waals surface area contributed by atoms with Gasteiger partial charge in [-0.1, -0.05) is 5.21 Å². The molecule has 0 aliphatic carbocycles. The van der Waals surface area contributed by atoms with E-state index >= 15 is 0 Å². The molecule has 0 radical (unpaired) electrons. The maximum Gasteiger partial charge on any atom is 0.254 e. The monoisotopic (exact) mass is 324 g/mol. The Kier molecular flexibility index (Phi) is 3.55. The molecule has 7 nitrogen and oxygen atoms in total. The summed E-state index contributed by atoms with van der Waals surface area (Å²) in [6.07, 6.45) is 5.89. The molecule has 3 aromatic rings. The Bertz CT molecular complexity index is 896. The van der Waals surface area contributed by atoms with Crippen molar-refractivity contribution < 1.29 is 4.79 Å². The van der Waals surface area contributed by atoms with E-state index in [0.717, 1.165) is 36.2 Å². The van der Waals surface area contributed by atoms with Crippen LogP contribution in [0.2, 0.25) is 0 Å². The second-order valence-corrected chi connectivity index (χ2v) is 6.35. The van der Waals surface area contributed by atoms with E-state index in [9.17, 15) is 4.79 Å². The largest absolute Gasteiger partial charge is 0.337 e. The number of fused-ring (bicyclic) bond motifs is 1. The first-order chi connectivity index (χ1) is 11.6. The normalized spacial score (nSPS) is 18.2. The number of carbonyl (C=O) groups excluding carboxylic acids is 1. The van der Waals surface area contributed by atoms with Gasteiger partial charge in [0.25, 0.3) is 5.91 Å². The highest BCUT2D eigenvalue weighted by Crippen LogP contribution is 2.24. The topological polar surface area (TPSA) is 68.8 Å². The predicted octanol–water partition coefficient (Wildman–Crippen LogP) is 1.95. The fourth-order valence-corrected chi connectivity index (χ4v) is 3.50. The smallest absolute Gasteiger partial charge is 0.254 e. The zero-order chi connectivity index (χ0) is 16.7. The number of imidazole rings is 1. The SMILES string of the molecule is Cc1nccn1[C@H]1CCCN(C(=O)c2ccc3c(c2)nnn3C)C1. The van der Waals surface area contributed by atoms with Crippen LogP contribution in [-0.2, 0) is 7.05 Å². The van der Waals surface area contributed by atoms with Crippen molar-refractivity contribution in [2.75, 3.05) is 13.1 Å². The molecule has 1 aliphatic heterocycles. The third-order valence-corrected chi connectivity index (χ3v) is 4.80. The highest BCUT2D eigenvalue weighted by atomic mass is 16.2. The van der Waals surface area contributed by atoms with Crippen molar-refractivity contribution in [3.05, 3.63) is 42.0 Å². The Morgan fingerprint density at radius 3 is 3.00 bits per heavy atom. The minimum Gasteiger partial charge on any atom is -0.337 e. The van der Waals surface area contributed by atoms with Crippen LogP contribution in [0.5, 0.6) is 0 Å². The minimum absolute atomic E-state index is 0.0602. The quantitative estimate of drug-likeness (QED) is 0.722. The molecule has 2 aromatic heterocycles. The van der Waals surface area contributed by atoms with Gasteiger partial charge in [0.05, 0.1) is 11.6 Å². The first-order valence-corrected chi connectivity index (χ1v) is 8.21. The summed E-state index contributed by atoms with van der Waals surface area (Å²) in [5, 5.41) is 8.10. The van der Waals surface area contributed by atoms with E-state index < -0.39 is 0 Å². The molecule has 1 saturated heterocycles. The van der Waals surface area contributed by atoms with Crippen LogP contribution in [-0.4, -0.2) is 48.4 Å². The summed E-state index contributed by atoms with van der Waals surface area (Å²) in [6, 6.07) is 5.89. The average molecular weight is 324 g/mol. The number of likely N-dealkylation sites (tertiary alicyclic amines) is 1. The highest BCUT2D eigenvalue weighted by Gasteiger charge is 2.26. The van der Waals surface area contributed by atoms with Crippen molar-refractivity contribution in [1.82, 2.24) is 29.4 Å². The van der Waals surface area contributed by atoms with Crippen molar-refractivity contribution in [2.45, 2.75) is 25.8 Å². The molecule has 0 spiro atoms. The van der Waals surface area contributed by atoms with Gasteiger partial charge in [-0.2, -0.15) is 0 Å². The maximum atomic E-state index is 12.9. The van der Waals surface area contributed by atoms with Gasteiger partial charge in [0.1, 0.15) is 11.3 Å².